The van der Waals surface area contributed by atoms with Crippen molar-refractivity contribution in [3.63, 3.8) is 0 Å². The highest BCUT2D eigenvalue weighted by Gasteiger charge is 2.46. The number of para-hydroxylation sites is 2. The van der Waals surface area contributed by atoms with Gasteiger partial charge in [0.15, 0.2) is 11.6 Å². The molecular formula is C21H22N4. The first kappa shape index (κ1) is 15.6. The van der Waals surface area contributed by atoms with Crippen molar-refractivity contribution in [2.45, 2.75) is 33.4 Å². The minimum atomic E-state index is -0.330. The first-order valence-corrected chi connectivity index (χ1v) is 8.55. The van der Waals surface area contributed by atoms with Gasteiger partial charge in [0, 0.05) is 11.4 Å². The van der Waals surface area contributed by atoms with E-state index in [0.29, 0.717) is 0 Å². The smallest absolute Gasteiger partial charge is 0.179 e. The number of benzene rings is 2. The SMILES string of the molecule is Cc1cnc2c(n1)N(c1ccccc1C)C(C)(C)N2c1ccccc1. The Hall–Kier alpha value is -2.88. The fourth-order valence-electron chi connectivity index (χ4n) is 3.62. The molecule has 3 aromatic rings. The molecule has 0 spiro atoms. The van der Waals surface area contributed by atoms with Crippen LogP contribution in [0.4, 0.5) is 23.0 Å². The predicted octanol–water partition coefficient (Wildman–Crippen LogP) is 5.12. The molecular weight excluding hydrogens is 308 g/mol. The van der Waals surface area contributed by atoms with Crippen LogP contribution in [0.15, 0.2) is 60.8 Å². The number of aromatic nitrogens is 2. The molecule has 2 heterocycles. The maximum absolute atomic E-state index is 4.85. The third-order valence-electron chi connectivity index (χ3n) is 4.74. The number of hydrogen-bond acceptors (Lipinski definition) is 4. The Bertz CT molecular complexity index is 918. The highest BCUT2D eigenvalue weighted by atomic mass is 15.5. The standard InChI is InChI=1S/C21H22N4/c1-15-10-8-9-13-18(15)25-20-19(22-14-16(2)23-20)24(21(25,3)4)17-11-6-5-7-12-17/h5-14H,1-4H3. The van der Waals surface area contributed by atoms with Crippen molar-refractivity contribution in [3.8, 4) is 0 Å². The van der Waals surface area contributed by atoms with Crippen molar-refractivity contribution >= 4 is 23.0 Å². The number of rotatable bonds is 2. The first-order chi connectivity index (χ1) is 12.0. The lowest BCUT2D eigenvalue weighted by Crippen LogP contribution is -2.48. The van der Waals surface area contributed by atoms with Gasteiger partial charge in [-0.05, 0) is 51.5 Å². The monoisotopic (exact) mass is 330 g/mol. The van der Waals surface area contributed by atoms with E-state index in [2.05, 4.69) is 79.1 Å². The van der Waals surface area contributed by atoms with Gasteiger partial charge in [-0.1, -0.05) is 36.4 Å². The van der Waals surface area contributed by atoms with Gasteiger partial charge in [-0.2, -0.15) is 0 Å². The normalized spacial score (nSPS) is 15.4. The van der Waals surface area contributed by atoms with Crippen LogP contribution >= 0.6 is 0 Å². The van der Waals surface area contributed by atoms with Crippen molar-refractivity contribution in [1.29, 1.82) is 0 Å². The summed E-state index contributed by atoms with van der Waals surface area (Å²) < 4.78 is 0. The molecule has 0 N–H and O–H groups in total. The second-order valence-corrected chi connectivity index (χ2v) is 6.95. The van der Waals surface area contributed by atoms with Gasteiger partial charge in [0.1, 0.15) is 5.66 Å². The molecule has 1 aliphatic rings. The van der Waals surface area contributed by atoms with E-state index in [4.69, 9.17) is 9.97 Å². The maximum Gasteiger partial charge on any atom is 0.179 e. The molecule has 0 saturated heterocycles. The molecule has 0 amide bonds. The summed E-state index contributed by atoms with van der Waals surface area (Å²) in [6.07, 6.45) is 1.84. The second kappa shape index (κ2) is 5.59. The lowest BCUT2D eigenvalue weighted by molar-refractivity contribution is 0.536. The van der Waals surface area contributed by atoms with E-state index in [1.165, 1.54) is 5.56 Å². The third kappa shape index (κ3) is 2.37. The van der Waals surface area contributed by atoms with Crippen LogP contribution in [0.1, 0.15) is 25.1 Å². The van der Waals surface area contributed by atoms with Crippen molar-refractivity contribution in [2.75, 3.05) is 9.80 Å². The van der Waals surface area contributed by atoms with Crippen LogP contribution in [0.5, 0.6) is 0 Å². The van der Waals surface area contributed by atoms with Crippen molar-refractivity contribution in [2.24, 2.45) is 0 Å². The molecule has 1 aliphatic heterocycles. The summed E-state index contributed by atoms with van der Waals surface area (Å²) >= 11 is 0. The van der Waals surface area contributed by atoms with Gasteiger partial charge in [-0.15, -0.1) is 0 Å². The Morgan fingerprint density at radius 2 is 1.48 bits per heavy atom. The number of nitrogens with zero attached hydrogens (tertiary/aromatic N) is 4. The molecule has 1 aromatic heterocycles. The molecule has 0 bridgehead atoms. The number of aryl methyl sites for hydroxylation is 2. The fourth-order valence-corrected chi connectivity index (χ4v) is 3.62. The summed E-state index contributed by atoms with van der Waals surface area (Å²) in [5, 5.41) is 0. The van der Waals surface area contributed by atoms with E-state index < -0.39 is 0 Å². The van der Waals surface area contributed by atoms with E-state index in [1.54, 1.807) is 0 Å². The molecule has 0 radical (unpaired) electrons. The molecule has 25 heavy (non-hydrogen) atoms. The van der Waals surface area contributed by atoms with Crippen molar-refractivity contribution in [3.05, 3.63) is 72.1 Å². The third-order valence-corrected chi connectivity index (χ3v) is 4.74. The number of hydrogen-bond donors (Lipinski definition) is 0. The zero-order valence-electron chi connectivity index (χ0n) is 15.1. The molecule has 4 nitrogen and oxygen atoms in total. The van der Waals surface area contributed by atoms with Gasteiger partial charge in [0.05, 0.1) is 11.9 Å². The predicted molar refractivity (Wildman–Crippen MR) is 103 cm³/mol. The van der Waals surface area contributed by atoms with Gasteiger partial charge >= 0.3 is 0 Å². The minimum Gasteiger partial charge on any atom is -0.300 e. The molecule has 0 saturated carbocycles. The molecule has 0 atom stereocenters. The largest absolute Gasteiger partial charge is 0.300 e. The molecule has 0 fully saturated rings. The summed E-state index contributed by atoms with van der Waals surface area (Å²) in [5.41, 5.74) is 4.08. The molecule has 0 unspecified atom stereocenters. The Kier molecular flexibility index (Phi) is 3.49. The van der Waals surface area contributed by atoms with Gasteiger partial charge < -0.3 is 0 Å². The molecule has 2 aromatic carbocycles. The van der Waals surface area contributed by atoms with Crippen LogP contribution in [0.25, 0.3) is 0 Å². The summed E-state index contributed by atoms with van der Waals surface area (Å²) in [4.78, 5) is 14.1. The average Bonchev–Trinajstić information content (AvgIpc) is 2.82. The first-order valence-electron chi connectivity index (χ1n) is 8.55. The lowest BCUT2D eigenvalue weighted by atomic mass is 10.1. The zero-order chi connectivity index (χ0) is 17.6. The van der Waals surface area contributed by atoms with Crippen LogP contribution in [-0.4, -0.2) is 15.6 Å². The average molecular weight is 330 g/mol. The van der Waals surface area contributed by atoms with E-state index in [9.17, 15) is 0 Å². The Balaban J connectivity index is 1.98. The Morgan fingerprint density at radius 3 is 2.20 bits per heavy atom. The highest BCUT2D eigenvalue weighted by molar-refractivity contribution is 5.85. The van der Waals surface area contributed by atoms with Crippen LogP contribution in [0.2, 0.25) is 0 Å². The number of fused-ring (bicyclic) bond motifs is 1. The van der Waals surface area contributed by atoms with E-state index >= 15 is 0 Å². The highest BCUT2D eigenvalue weighted by Crippen LogP contribution is 2.50. The van der Waals surface area contributed by atoms with Crippen molar-refractivity contribution < 1.29 is 0 Å². The fraction of sp³-hybridized carbons (Fsp3) is 0.238. The maximum atomic E-state index is 4.85. The molecule has 4 heteroatoms. The summed E-state index contributed by atoms with van der Waals surface area (Å²) in [5.74, 6) is 1.80. The van der Waals surface area contributed by atoms with Gasteiger partial charge in [-0.3, -0.25) is 9.80 Å². The Morgan fingerprint density at radius 1 is 0.800 bits per heavy atom. The topological polar surface area (TPSA) is 32.3 Å². The summed E-state index contributed by atoms with van der Waals surface area (Å²) in [7, 11) is 0. The molecule has 4 rings (SSSR count). The van der Waals surface area contributed by atoms with E-state index in [0.717, 1.165) is 28.7 Å². The van der Waals surface area contributed by atoms with E-state index in [1.807, 2.05) is 19.2 Å². The lowest BCUT2D eigenvalue weighted by Gasteiger charge is -2.40. The summed E-state index contributed by atoms with van der Waals surface area (Å²) in [6, 6.07) is 18.8. The van der Waals surface area contributed by atoms with Crippen LogP contribution < -0.4 is 9.80 Å². The number of anilines is 4. The quantitative estimate of drug-likeness (QED) is 0.653. The van der Waals surface area contributed by atoms with Gasteiger partial charge in [-0.25, -0.2) is 9.97 Å². The zero-order valence-corrected chi connectivity index (χ0v) is 15.1. The van der Waals surface area contributed by atoms with Crippen LogP contribution in [0.3, 0.4) is 0 Å². The van der Waals surface area contributed by atoms with Crippen molar-refractivity contribution in [1.82, 2.24) is 9.97 Å². The Labute approximate surface area is 148 Å². The second-order valence-electron chi connectivity index (χ2n) is 6.95. The molecule has 126 valence electrons. The minimum absolute atomic E-state index is 0.330. The summed E-state index contributed by atoms with van der Waals surface area (Å²) in [6.45, 7) is 8.55. The van der Waals surface area contributed by atoms with Gasteiger partial charge in [0.2, 0.25) is 0 Å². The van der Waals surface area contributed by atoms with Crippen LogP contribution in [-0.2, 0) is 0 Å². The van der Waals surface area contributed by atoms with Crippen LogP contribution in [0, 0.1) is 13.8 Å². The molecule has 0 aliphatic carbocycles. The van der Waals surface area contributed by atoms with Gasteiger partial charge in [0.25, 0.3) is 0 Å². The van der Waals surface area contributed by atoms with E-state index in [-0.39, 0.29) is 5.66 Å².